The zero-order valence-corrected chi connectivity index (χ0v) is 13.7. The summed E-state index contributed by atoms with van der Waals surface area (Å²) < 4.78 is 0. The molecule has 0 fully saturated rings. The predicted molar refractivity (Wildman–Crippen MR) is 79.9 cm³/mol. The van der Waals surface area contributed by atoms with Gasteiger partial charge in [-0.2, -0.15) is 0 Å². The Morgan fingerprint density at radius 3 is 2.12 bits per heavy atom. The van der Waals surface area contributed by atoms with E-state index in [1.54, 1.807) is 0 Å². The molecule has 0 radical (unpaired) electrons. The van der Waals surface area contributed by atoms with Crippen molar-refractivity contribution in [2.45, 2.75) is 40.5 Å². The van der Waals surface area contributed by atoms with Crippen LogP contribution >= 0.6 is 12.4 Å². The van der Waals surface area contributed by atoms with E-state index in [9.17, 15) is 0 Å². The first kappa shape index (κ1) is 15.3. The minimum atomic E-state index is 0. The normalized spacial score (nSPS) is 10.0. The number of hydrogen-bond donors (Lipinski definition) is 2. The first-order chi connectivity index (χ1) is 7.04. The fourth-order valence-corrected chi connectivity index (χ4v) is 2.82. The number of rotatable bonds is 3. The molecule has 1 aromatic carbocycles. The van der Waals surface area contributed by atoms with Crippen LogP contribution in [0.1, 0.15) is 35.6 Å². The van der Waals surface area contributed by atoms with E-state index in [1.165, 1.54) is 34.4 Å². The third-order valence-electron chi connectivity index (χ3n) is 3.25. The van der Waals surface area contributed by atoms with Gasteiger partial charge in [-0.1, -0.05) is 13.3 Å². The zero-order chi connectivity index (χ0) is 11.6. The van der Waals surface area contributed by atoms with Gasteiger partial charge in [0.1, 0.15) is 10.4 Å². The molecule has 0 heterocycles. The fourth-order valence-electron chi connectivity index (χ4n) is 2.15. The number of nitrogen functional groups attached to an aromatic ring is 1. The van der Waals surface area contributed by atoms with Crippen molar-refractivity contribution in [2.75, 3.05) is 10.7 Å². The van der Waals surface area contributed by atoms with Crippen LogP contribution < -0.4 is 10.7 Å². The Morgan fingerprint density at radius 1 is 1.12 bits per heavy atom. The molecule has 0 aliphatic heterocycles. The second-order valence-corrected chi connectivity index (χ2v) is 4.64. The molecule has 0 unspecified atom stereocenters. The van der Waals surface area contributed by atoms with Gasteiger partial charge >= 0.3 is 0 Å². The van der Waals surface area contributed by atoms with Crippen molar-refractivity contribution in [1.82, 2.24) is 0 Å². The van der Waals surface area contributed by atoms with Crippen LogP contribution in [0.4, 0.5) is 11.4 Å². The molecule has 3 N–H and O–H groups in total. The van der Waals surface area contributed by atoms with E-state index in [0.717, 1.165) is 22.5 Å². The summed E-state index contributed by atoms with van der Waals surface area (Å²) in [6.07, 6.45) is 2.28. The predicted octanol–water partition coefficient (Wildman–Crippen LogP) is 2.26. The lowest BCUT2D eigenvalue weighted by Gasteiger charge is -2.20. The molecule has 1 rings (SSSR count). The van der Waals surface area contributed by atoms with Crippen molar-refractivity contribution < 1.29 is 0 Å². The fraction of sp³-hybridized carbons (Fsp3) is 0.500. The number of hydrogen-bond acceptors (Lipinski definition) is 2. The van der Waals surface area contributed by atoms with Gasteiger partial charge in [0, 0.05) is 11.4 Å². The summed E-state index contributed by atoms with van der Waals surface area (Å²) in [4.78, 5) is 3.44. The molecule has 0 aliphatic rings. The number of nitrogens with one attached hydrogen (secondary N) is 1. The smallest absolute Gasteiger partial charge is 0.104 e. The van der Waals surface area contributed by atoms with Crippen molar-refractivity contribution in [3.05, 3.63) is 22.3 Å². The van der Waals surface area contributed by atoms with Gasteiger partial charge in [0.25, 0.3) is 0 Å². The molecular weight excluding hydrogens is 236 g/mol. The van der Waals surface area contributed by atoms with Crippen LogP contribution in [0.3, 0.4) is 0 Å². The van der Waals surface area contributed by atoms with Crippen LogP contribution in [0.2, 0.25) is 0 Å². The Balaban J connectivity index is 0.00000225. The standard InChI is InChI=1S/C12H22N2Si.ClH/c1-5-6-10-9(4)11(13)7(2)8(3)12(10)14-15;/h14H,5-6,13H2,1-4,15H3;1H. The summed E-state index contributed by atoms with van der Waals surface area (Å²) in [5.74, 6) is 0. The number of anilines is 2. The van der Waals surface area contributed by atoms with E-state index in [1.807, 2.05) is 0 Å². The van der Waals surface area contributed by atoms with Crippen LogP contribution in [0.15, 0.2) is 0 Å². The molecule has 16 heavy (non-hydrogen) atoms. The molecule has 1 aromatic rings. The molecule has 2 nitrogen and oxygen atoms in total. The average Bonchev–Trinajstić information content (AvgIpc) is 2.24. The van der Waals surface area contributed by atoms with E-state index in [-0.39, 0.29) is 12.4 Å². The van der Waals surface area contributed by atoms with E-state index in [4.69, 9.17) is 5.73 Å². The highest BCUT2D eigenvalue weighted by atomic mass is 35.5. The van der Waals surface area contributed by atoms with E-state index in [0.29, 0.717) is 0 Å². The Labute approximate surface area is 108 Å². The lowest BCUT2D eigenvalue weighted by atomic mass is 9.93. The summed E-state index contributed by atoms with van der Waals surface area (Å²) in [7, 11) is 0.984. The number of nitrogens with two attached hydrogens (primary N) is 1. The van der Waals surface area contributed by atoms with Crippen molar-refractivity contribution in [1.29, 1.82) is 0 Å². The Bertz CT molecular complexity index is 378. The highest BCUT2D eigenvalue weighted by molar-refractivity contribution is 6.16. The molecule has 0 spiro atoms. The summed E-state index contributed by atoms with van der Waals surface area (Å²) in [6, 6.07) is 0. The molecule has 0 aliphatic carbocycles. The van der Waals surface area contributed by atoms with E-state index >= 15 is 0 Å². The van der Waals surface area contributed by atoms with E-state index in [2.05, 4.69) is 32.7 Å². The monoisotopic (exact) mass is 258 g/mol. The maximum absolute atomic E-state index is 6.12. The van der Waals surface area contributed by atoms with Gasteiger partial charge in [0.15, 0.2) is 0 Å². The Kier molecular flexibility index (Phi) is 5.90. The van der Waals surface area contributed by atoms with Crippen LogP contribution in [-0.2, 0) is 6.42 Å². The Morgan fingerprint density at radius 2 is 1.69 bits per heavy atom. The van der Waals surface area contributed by atoms with Crippen LogP contribution in [0, 0.1) is 20.8 Å². The van der Waals surface area contributed by atoms with Crippen LogP contribution in [0.25, 0.3) is 0 Å². The first-order valence-electron chi connectivity index (χ1n) is 5.60. The second-order valence-electron chi connectivity index (χ2n) is 4.14. The van der Waals surface area contributed by atoms with Gasteiger partial charge < -0.3 is 10.7 Å². The molecule has 4 heteroatoms. The Hall–Kier alpha value is -0.673. The highest BCUT2D eigenvalue weighted by Gasteiger charge is 2.13. The third-order valence-corrected chi connectivity index (χ3v) is 3.75. The maximum Gasteiger partial charge on any atom is 0.104 e. The summed E-state index contributed by atoms with van der Waals surface area (Å²) >= 11 is 0. The molecular formula is C12H23ClN2Si. The molecule has 0 saturated heterocycles. The molecule has 92 valence electrons. The van der Waals surface area contributed by atoms with Gasteiger partial charge in [-0.3, -0.25) is 0 Å². The molecule has 0 bridgehead atoms. The van der Waals surface area contributed by atoms with Crippen LogP contribution in [0.5, 0.6) is 0 Å². The van der Waals surface area contributed by atoms with Gasteiger partial charge in [-0.05, 0) is 49.4 Å². The van der Waals surface area contributed by atoms with Crippen molar-refractivity contribution in [3.63, 3.8) is 0 Å². The molecule has 0 atom stereocenters. The van der Waals surface area contributed by atoms with E-state index < -0.39 is 0 Å². The first-order valence-corrected chi connectivity index (χ1v) is 6.60. The van der Waals surface area contributed by atoms with Crippen molar-refractivity contribution in [3.8, 4) is 0 Å². The third kappa shape index (κ3) is 2.52. The average molecular weight is 259 g/mol. The van der Waals surface area contributed by atoms with Gasteiger partial charge in [-0.15, -0.1) is 12.4 Å². The zero-order valence-electron chi connectivity index (χ0n) is 10.9. The maximum atomic E-state index is 6.12. The molecule has 0 amide bonds. The lowest BCUT2D eigenvalue weighted by Crippen LogP contribution is -2.07. The highest BCUT2D eigenvalue weighted by Crippen LogP contribution is 2.33. The quantitative estimate of drug-likeness (QED) is 0.645. The largest absolute Gasteiger partial charge is 0.418 e. The lowest BCUT2D eigenvalue weighted by molar-refractivity contribution is 0.913. The van der Waals surface area contributed by atoms with Crippen molar-refractivity contribution >= 4 is 34.2 Å². The molecule has 0 aromatic heterocycles. The molecule has 0 saturated carbocycles. The SMILES string of the molecule is CCCc1c(C)c(N)c(C)c(C)c1N[SiH3].Cl. The summed E-state index contributed by atoms with van der Waals surface area (Å²) in [5, 5.41) is 0. The number of halogens is 1. The topological polar surface area (TPSA) is 38.0 Å². The van der Waals surface area contributed by atoms with Gasteiger partial charge in [0.2, 0.25) is 0 Å². The minimum Gasteiger partial charge on any atom is -0.418 e. The van der Waals surface area contributed by atoms with Crippen molar-refractivity contribution in [2.24, 2.45) is 0 Å². The minimum absolute atomic E-state index is 0. The van der Waals surface area contributed by atoms with Gasteiger partial charge in [0.05, 0.1) is 0 Å². The second kappa shape index (κ2) is 6.16. The summed E-state index contributed by atoms with van der Waals surface area (Å²) in [6.45, 7) is 8.61. The number of benzene rings is 1. The van der Waals surface area contributed by atoms with Crippen LogP contribution in [-0.4, -0.2) is 10.4 Å². The van der Waals surface area contributed by atoms with Gasteiger partial charge in [-0.25, -0.2) is 0 Å². The summed E-state index contributed by atoms with van der Waals surface area (Å²) in [5.41, 5.74) is 13.6.